The molecule has 152 valence electrons. The number of imide groups is 1. The summed E-state index contributed by atoms with van der Waals surface area (Å²) in [4.78, 5) is 44.1. The molecule has 2 N–H and O–H groups in total. The second-order valence-electron chi connectivity index (χ2n) is 8.30. The molecule has 3 heterocycles. The molecule has 1 aromatic carbocycles. The minimum atomic E-state index is -1.30. The van der Waals surface area contributed by atoms with Gasteiger partial charge in [-0.3, -0.25) is 19.8 Å². The highest BCUT2D eigenvalue weighted by molar-refractivity contribution is 6.03. The lowest BCUT2D eigenvalue weighted by molar-refractivity contribution is -0.158. The zero-order chi connectivity index (χ0) is 20.2. The molecule has 1 saturated carbocycles. The van der Waals surface area contributed by atoms with Crippen LogP contribution in [0.5, 0.6) is 0 Å². The van der Waals surface area contributed by atoms with Crippen molar-refractivity contribution < 1.29 is 19.1 Å². The van der Waals surface area contributed by atoms with Crippen molar-refractivity contribution in [1.82, 2.24) is 15.2 Å². The second-order valence-corrected chi connectivity index (χ2v) is 8.30. The van der Waals surface area contributed by atoms with E-state index in [9.17, 15) is 14.4 Å². The Labute approximate surface area is 168 Å². The Morgan fingerprint density at radius 2 is 2.00 bits per heavy atom. The lowest BCUT2D eigenvalue weighted by atomic mass is 9.75. The summed E-state index contributed by atoms with van der Waals surface area (Å²) in [5.74, 6) is -1.56. The van der Waals surface area contributed by atoms with Gasteiger partial charge in [0.2, 0.25) is 11.8 Å². The minimum absolute atomic E-state index is 0.0465. The molecule has 2 amide bonds. The van der Waals surface area contributed by atoms with Gasteiger partial charge >= 0.3 is 5.97 Å². The molecule has 2 atom stereocenters. The third kappa shape index (κ3) is 2.50. The van der Waals surface area contributed by atoms with Gasteiger partial charge in [0.05, 0.1) is 18.7 Å². The number of nitrogens with zero attached hydrogens (tertiary/aromatic N) is 1. The highest BCUT2D eigenvalue weighted by Gasteiger charge is 2.58. The molecule has 29 heavy (non-hydrogen) atoms. The number of hydrogen-bond acceptors (Lipinski definition) is 5. The van der Waals surface area contributed by atoms with E-state index in [1.165, 1.54) is 12.0 Å². The quantitative estimate of drug-likeness (QED) is 0.611. The van der Waals surface area contributed by atoms with Crippen LogP contribution in [0.25, 0.3) is 10.9 Å². The Kier molecular flexibility index (Phi) is 4.24. The number of fused-ring (bicyclic) bond motifs is 3. The van der Waals surface area contributed by atoms with E-state index < -0.39 is 17.4 Å². The Morgan fingerprint density at radius 1 is 1.21 bits per heavy atom. The molecule has 1 aliphatic carbocycles. The highest BCUT2D eigenvalue weighted by atomic mass is 16.5. The summed E-state index contributed by atoms with van der Waals surface area (Å²) in [6, 6.07) is 7.91. The number of likely N-dealkylation sites (tertiary alicyclic amines) is 1. The summed E-state index contributed by atoms with van der Waals surface area (Å²) >= 11 is 0. The molecule has 0 spiro atoms. The van der Waals surface area contributed by atoms with Gasteiger partial charge in [0, 0.05) is 29.9 Å². The van der Waals surface area contributed by atoms with E-state index in [0.29, 0.717) is 25.2 Å². The van der Waals surface area contributed by atoms with E-state index in [0.717, 1.165) is 42.1 Å². The molecule has 2 aliphatic heterocycles. The predicted octanol–water partition coefficient (Wildman–Crippen LogP) is 1.86. The molecular formula is C22H25N3O4. The van der Waals surface area contributed by atoms with Crippen LogP contribution in [-0.2, 0) is 31.1 Å². The molecule has 7 heteroatoms. The van der Waals surface area contributed by atoms with Crippen molar-refractivity contribution in [2.24, 2.45) is 11.8 Å². The predicted molar refractivity (Wildman–Crippen MR) is 106 cm³/mol. The van der Waals surface area contributed by atoms with Crippen molar-refractivity contribution >= 4 is 28.7 Å². The van der Waals surface area contributed by atoms with Gasteiger partial charge in [0.1, 0.15) is 0 Å². The molecular weight excluding hydrogens is 370 g/mol. The van der Waals surface area contributed by atoms with Crippen molar-refractivity contribution in [2.45, 2.75) is 37.6 Å². The van der Waals surface area contributed by atoms with Gasteiger partial charge in [-0.15, -0.1) is 0 Å². The number of ether oxygens (including phenoxy) is 1. The van der Waals surface area contributed by atoms with Gasteiger partial charge in [-0.25, -0.2) is 4.79 Å². The normalized spacial score (nSPS) is 27.0. The summed E-state index contributed by atoms with van der Waals surface area (Å²) < 4.78 is 5.21. The van der Waals surface area contributed by atoms with E-state index >= 15 is 0 Å². The highest BCUT2D eigenvalue weighted by Crippen LogP contribution is 2.44. The third-order valence-corrected chi connectivity index (χ3v) is 6.94. The monoisotopic (exact) mass is 395 g/mol. The maximum atomic E-state index is 13.4. The van der Waals surface area contributed by atoms with Crippen molar-refractivity contribution in [2.75, 3.05) is 20.2 Å². The van der Waals surface area contributed by atoms with Crippen LogP contribution in [0.4, 0.5) is 0 Å². The van der Waals surface area contributed by atoms with Gasteiger partial charge in [0.25, 0.3) is 0 Å². The minimum Gasteiger partial charge on any atom is -0.467 e. The Bertz CT molecular complexity index is 1010. The van der Waals surface area contributed by atoms with Crippen LogP contribution >= 0.6 is 0 Å². The summed E-state index contributed by atoms with van der Waals surface area (Å²) in [6.07, 6.45) is 3.92. The molecule has 0 unspecified atom stereocenters. The second kappa shape index (κ2) is 6.69. The number of rotatable bonds is 3. The summed E-state index contributed by atoms with van der Waals surface area (Å²) in [6.45, 7) is 0.916. The van der Waals surface area contributed by atoms with E-state index in [1.54, 1.807) is 0 Å². The number of carbonyl (C=O) groups is 3. The molecule has 1 aromatic heterocycles. The van der Waals surface area contributed by atoms with Crippen LogP contribution in [0.3, 0.4) is 0 Å². The van der Waals surface area contributed by atoms with Gasteiger partial charge < -0.3 is 9.72 Å². The van der Waals surface area contributed by atoms with Crippen LogP contribution in [-0.4, -0.2) is 47.9 Å². The van der Waals surface area contributed by atoms with E-state index in [4.69, 9.17) is 4.74 Å². The molecule has 7 nitrogen and oxygen atoms in total. The molecule has 0 bridgehead atoms. The molecule has 3 aliphatic rings. The standard InChI is InChI=1S/C22H25N3O4/c1-29-21(28)22(16-10-12-25(20(16)27)19(26)13-5-4-6-13)18-15(9-11-23-22)14-7-2-3-8-17(14)24-18/h2-3,7-8,13,16,23-24H,4-6,9-12H2,1H3/t16-,22+/m0/s1. The SMILES string of the molecule is COC(=O)[C@]1([C@H]2CCN(C(=O)C3CCC3)C2=O)NCCc2c1[nH]c1ccccc21. The van der Waals surface area contributed by atoms with Crippen LogP contribution in [0, 0.1) is 11.8 Å². The maximum Gasteiger partial charge on any atom is 0.333 e. The van der Waals surface area contributed by atoms with Crippen LogP contribution in [0.2, 0.25) is 0 Å². The fourth-order valence-electron chi connectivity index (χ4n) is 5.22. The maximum absolute atomic E-state index is 13.4. The van der Waals surface area contributed by atoms with Gasteiger partial charge in [-0.2, -0.15) is 0 Å². The number of aromatic nitrogens is 1. The number of para-hydroxylation sites is 1. The molecule has 2 aromatic rings. The number of aromatic amines is 1. The fourth-order valence-corrected chi connectivity index (χ4v) is 5.22. The first kappa shape index (κ1) is 18.4. The number of esters is 1. The first-order chi connectivity index (χ1) is 14.1. The smallest absolute Gasteiger partial charge is 0.333 e. The number of benzene rings is 1. The first-order valence-corrected chi connectivity index (χ1v) is 10.4. The van der Waals surface area contributed by atoms with Crippen molar-refractivity contribution in [1.29, 1.82) is 0 Å². The molecule has 1 saturated heterocycles. The van der Waals surface area contributed by atoms with Gasteiger partial charge in [-0.1, -0.05) is 24.6 Å². The lowest BCUT2D eigenvalue weighted by Crippen LogP contribution is -2.60. The molecule has 2 fully saturated rings. The number of nitrogens with one attached hydrogen (secondary N) is 2. The number of hydrogen-bond donors (Lipinski definition) is 2. The van der Waals surface area contributed by atoms with Gasteiger partial charge in [-0.05, 0) is 37.3 Å². The molecule has 0 radical (unpaired) electrons. The number of carbonyl (C=O) groups excluding carboxylic acids is 3. The number of methoxy groups -OCH3 is 1. The third-order valence-electron chi connectivity index (χ3n) is 6.94. The van der Waals surface area contributed by atoms with E-state index in [2.05, 4.69) is 10.3 Å². The number of H-pyrrole nitrogens is 1. The Balaban J connectivity index is 1.60. The largest absolute Gasteiger partial charge is 0.467 e. The van der Waals surface area contributed by atoms with Crippen LogP contribution in [0.15, 0.2) is 24.3 Å². The zero-order valence-corrected chi connectivity index (χ0v) is 16.5. The average molecular weight is 395 g/mol. The van der Waals surface area contributed by atoms with Crippen LogP contribution in [0.1, 0.15) is 36.9 Å². The fraction of sp³-hybridized carbons (Fsp3) is 0.500. The van der Waals surface area contributed by atoms with Gasteiger partial charge in [0.15, 0.2) is 5.54 Å². The van der Waals surface area contributed by atoms with E-state index in [-0.39, 0.29) is 17.7 Å². The Hall–Kier alpha value is -2.67. The van der Waals surface area contributed by atoms with Crippen molar-refractivity contribution in [3.8, 4) is 0 Å². The zero-order valence-electron chi connectivity index (χ0n) is 16.5. The summed E-state index contributed by atoms with van der Waals surface area (Å²) in [5.41, 5.74) is 1.38. The number of amides is 2. The van der Waals surface area contributed by atoms with Crippen molar-refractivity contribution in [3.05, 3.63) is 35.5 Å². The van der Waals surface area contributed by atoms with Crippen molar-refractivity contribution in [3.63, 3.8) is 0 Å². The van der Waals surface area contributed by atoms with Crippen LogP contribution < -0.4 is 5.32 Å². The lowest BCUT2D eigenvalue weighted by Gasteiger charge is -2.39. The Morgan fingerprint density at radius 3 is 2.72 bits per heavy atom. The molecule has 5 rings (SSSR count). The summed E-state index contributed by atoms with van der Waals surface area (Å²) in [7, 11) is 1.35. The average Bonchev–Trinajstić information content (AvgIpc) is 3.27. The first-order valence-electron chi connectivity index (χ1n) is 10.4. The van der Waals surface area contributed by atoms with E-state index in [1.807, 2.05) is 24.3 Å². The summed E-state index contributed by atoms with van der Waals surface area (Å²) in [5, 5.41) is 4.39. The topological polar surface area (TPSA) is 91.5 Å².